The van der Waals surface area contributed by atoms with Gasteiger partial charge in [-0.1, -0.05) is 66.9 Å². The maximum absolute atomic E-state index is 13.9. The number of ether oxygens (including phenoxy) is 9. The number of carbonyl (C=O) groups excluding carboxylic acids is 7. The van der Waals surface area contributed by atoms with E-state index in [-0.39, 0.29) is 51.3 Å². The molecule has 2 bridgehead atoms. The predicted molar refractivity (Wildman–Crippen MR) is 248 cm³/mol. The van der Waals surface area contributed by atoms with Crippen LogP contribution in [0.2, 0.25) is 0 Å². The van der Waals surface area contributed by atoms with E-state index in [1.807, 2.05) is 0 Å². The third-order valence-electron chi connectivity index (χ3n) is 10.4. The van der Waals surface area contributed by atoms with E-state index in [1.165, 1.54) is 46.1 Å². The quantitative estimate of drug-likeness (QED) is 0.0355. The molecule has 1 aromatic rings. The molecular weight excluding hydrogens is 1080 g/mol. The molecule has 19 nitrogen and oxygen atoms in total. The highest BCUT2D eigenvalue weighted by molar-refractivity contribution is 9.10. The molecule has 1 aromatic heterocycles. The topological polar surface area (TPSA) is 248 Å². The molecule has 2 aliphatic rings. The zero-order chi connectivity index (χ0) is 51.1. The van der Waals surface area contributed by atoms with Crippen molar-refractivity contribution < 1.29 is 86.4 Å². The molecule has 0 aromatic carbocycles. The number of hydrogen-bond acceptors (Lipinski definition) is 18. The highest BCUT2D eigenvalue weighted by Gasteiger charge is 2.46. The lowest BCUT2D eigenvalue weighted by Crippen LogP contribution is -2.46. The van der Waals surface area contributed by atoms with Gasteiger partial charge in [-0.15, -0.1) is 0 Å². The van der Waals surface area contributed by atoms with E-state index in [0.717, 1.165) is 0 Å². The number of alkyl halides is 3. The summed E-state index contributed by atoms with van der Waals surface area (Å²) < 4.78 is 47.9. The molecule has 0 amide bonds. The number of carbonyl (C=O) groups is 7. The Labute approximate surface area is 415 Å². The van der Waals surface area contributed by atoms with E-state index in [0.29, 0.717) is 11.1 Å². The van der Waals surface area contributed by atoms with Crippen LogP contribution in [-0.4, -0.2) is 129 Å². The smallest absolute Gasteiger partial charge is 0.322 e. The molecule has 0 fully saturated rings. The average molecular weight is 1150 g/mol. The zero-order valence-corrected chi connectivity index (χ0v) is 44.9. The lowest BCUT2D eigenvalue weighted by atomic mass is 9.88. The van der Waals surface area contributed by atoms with Gasteiger partial charge in [-0.3, -0.25) is 38.1 Å². The van der Waals surface area contributed by atoms with Crippen LogP contribution in [0.15, 0.2) is 12.2 Å². The SMILES string of the molecule is CC(COC(=O)C(C)(C)C)(COC(=O)C(C)(C)Br)CC(=O)OCC(C)(COC(=O)C(C)(COC(=O)C(C)(C)Br)COC(=O)C(C)(C)Br)C(=O)OCCOCCn1c(O)c2c(c1O)C1C=CC2O1. The third-order valence-corrected chi connectivity index (χ3v) is 11.3. The fourth-order valence-electron chi connectivity index (χ4n) is 5.97. The molecule has 2 N–H and O–H groups in total. The first-order valence-electron chi connectivity index (χ1n) is 21.4. The van der Waals surface area contributed by atoms with Crippen molar-refractivity contribution in [2.75, 3.05) is 59.5 Å². The summed E-state index contributed by atoms with van der Waals surface area (Å²) in [4.78, 5) is 92.2. The molecule has 0 aliphatic carbocycles. The first kappa shape index (κ1) is 57.6. The van der Waals surface area contributed by atoms with Crippen molar-refractivity contribution >= 4 is 89.6 Å². The largest absolute Gasteiger partial charge is 0.494 e. The lowest BCUT2D eigenvalue weighted by molar-refractivity contribution is -0.180. The molecule has 0 saturated carbocycles. The first-order chi connectivity index (χ1) is 30.5. The molecule has 3 heterocycles. The minimum Gasteiger partial charge on any atom is -0.494 e. The molecule has 2 aliphatic heterocycles. The second-order valence-corrected chi connectivity index (χ2v) is 26.0. The number of aromatic nitrogens is 1. The molecular formula is C45H64Br3NO18. The Morgan fingerprint density at radius 2 is 0.896 bits per heavy atom. The van der Waals surface area contributed by atoms with Crippen molar-refractivity contribution in [3.63, 3.8) is 0 Å². The molecule has 4 atom stereocenters. The fourth-order valence-corrected chi connectivity index (χ4v) is 6.31. The van der Waals surface area contributed by atoms with Crippen LogP contribution in [-0.2, 0) is 82.7 Å². The van der Waals surface area contributed by atoms with Crippen LogP contribution in [0.25, 0.3) is 0 Å². The van der Waals surface area contributed by atoms with Gasteiger partial charge in [0.1, 0.15) is 82.3 Å². The van der Waals surface area contributed by atoms with Gasteiger partial charge in [0.05, 0.1) is 42.7 Å². The standard InChI is InChI=1S/C45H64Br3NO18/c1-39(2,3)33(53)62-20-43(10,21-63-34(54)40(4,5)46)19-28(50)61-22-44(11,25-66-38(58)45(12,23-64-35(55)41(6,7)47)24-65-36(56)42(8,9)48)37(57)60-18-17-59-16-15-49-31(51)29-26-13-14-27(67-26)30(29)32(49)52/h13-14,26-27,51-52H,15-25H2,1-12H3. The van der Waals surface area contributed by atoms with Crippen LogP contribution in [0.1, 0.15) is 113 Å². The molecule has 4 unspecified atom stereocenters. The molecule has 0 saturated heterocycles. The van der Waals surface area contributed by atoms with E-state index in [2.05, 4.69) is 47.8 Å². The molecule has 0 radical (unpaired) electrons. The van der Waals surface area contributed by atoms with Crippen LogP contribution in [0.5, 0.6) is 11.8 Å². The maximum Gasteiger partial charge on any atom is 0.322 e. The van der Waals surface area contributed by atoms with Crippen molar-refractivity contribution in [1.82, 2.24) is 4.57 Å². The summed E-state index contributed by atoms with van der Waals surface area (Å²) in [6.45, 7) is 14.5. The number of nitrogens with zero attached hydrogens (tertiary/aromatic N) is 1. The second kappa shape index (κ2) is 22.4. The van der Waals surface area contributed by atoms with Crippen LogP contribution in [0.3, 0.4) is 0 Å². The Balaban J connectivity index is 1.80. The normalized spacial score (nSPS) is 17.7. The van der Waals surface area contributed by atoms with Crippen LogP contribution < -0.4 is 0 Å². The Bertz CT molecular complexity index is 1940. The van der Waals surface area contributed by atoms with Gasteiger partial charge in [0.25, 0.3) is 0 Å². The number of rotatable bonds is 25. The van der Waals surface area contributed by atoms with Crippen LogP contribution in [0, 0.1) is 21.7 Å². The van der Waals surface area contributed by atoms with Gasteiger partial charge in [-0.25, -0.2) is 0 Å². The second-order valence-electron chi connectivity index (χ2n) is 20.1. The fraction of sp³-hybridized carbons (Fsp3) is 0.711. The van der Waals surface area contributed by atoms with Gasteiger partial charge < -0.3 is 52.8 Å². The van der Waals surface area contributed by atoms with E-state index in [1.54, 1.807) is 53.7 Å². The van der Waals surface area contributed by atoms with Gasteiger partial charge in [0.2, 0.25) is 11.8 Å². The number of aromatic hydroxyl groups is 2. The predicted octanol–water partition coefficient (Wildman–Crippen LogP) is 6.38. The number of esters is 7. The summed E-state index contributed by atoms with van der Waals surface area (Å²) >= 11 is 9.66. The van der Waals surface area contributed by atoms with Crippen LogP contribution in [0.4, 0.5) is 0 Å². The van der Waals surface area contributed by atoms with E-state index in [9.17, 15) is 43.8 Å². The summed E-state index contributed by atoms with van der Waals surface area (Å²) in [6, 6.07) is 0. The lowest BCUT2D eigenvalue weighted by Gasteiger charge is -2.32. The molecule has 0 spiro atoms. The van der Waals surface area contributed by atoms with Gasteiger partial charge >= 0.3 is 41.8 Å². The van der Waals surface area contributed by atoms with E-state index in [4.69, 9.17) is 42.6 Å². The Morgan fingerprint density at radius 1 is 0.522 bits per heavy atom. The van der Waals surface area contributed by atoms with Crippen molar-refractivity contribution in [2.24, 2.45) is 21.7 Å². The summed E-state index contributed by atoms with van der Waals surface area (Å²) in [5.41, 5.74) is -4.94. The van der Waals surface area contributed by atoms with Crippen molar-refractivity contribution in [2.45, 2.75) is 121 Å². The van der Waals surface area contributed by atoms with Crippen molar-refractivity contribution in [3.8, 4) is 11.8 Å². The zero-order valence-electron chi connectivity index (χ0n) is 40.1. The van der Waals surface area contributed by atoms with Crippen molar-refractivity contribution in [3.05, 3.63) is 23.3 Å². The number of hydrogen-bond donors (Lipinski definition) is 2. The van der Waals surface area contributed by atoms with Gasteiger partial charge in [-0.2, -0.15) is 0 Å². The summed E-state index contributed by atoms with van der Waals surface area (Å²) in [7, 11) is 0. The van der Waals surface area contributed by atoms with Gasteiger partial charge in [0, 0.05) is 5.41 Å². The maximum atomic E-state index is 13.9. The molecule has 22 heteroatoms. The summed E-state index contributed by atoms with van der Waals surface area (Å²) in [6.07, 6.45) is 2.20. The first-order valence-corrected chi connectivity index (χ1v) is 23.7. The Kier molecular flexibility index (Phi) is 19.2. The van der Waals surface area contributed by atoms with Gasteiger partial charge in [-0.05, 0) is 76.2 Å². The summed E-state index contributed by atoms with van der Waals surface area (Å²) in [5, 5.41) is 21.5. The number of halogens is 3. The van der Waals surface area contributed by atoms with Crippen molar-refractivity contribution in [1.29, 1.82) is 0 Å². The number of fused-ring (bicyclic) bond motifs is 5. The summed E-state index contributed by atoms with van der Waals surface area (Å²) in [5.74, 6) is -5.96. The van der Waals surface area contributed by atoms with E-state index >= 15 is 0 Å². The third kappa shape index (κ3) is 15.9. The highest BCUT2D eigenvalue weighted by atomic mass is 79.9. The average Bonchev–Trinajstić information content (AvgIpc) is 3.91. The Hall–Kier alpha value is -3.73. The van der Waals surface area contributed by atoms with E-state index < -0.39 is 121 Å². The minimum atomic E-state index is -1.91. The minimum absolute atomic E-state index is 0.0130. The Morgan fingerprint density at radius 3 is 1.31 bits per heavy atom. The van der Waals surface area contributed by atoms with Crippen LogP contribution >= 0.6 is 47.8 Å². The molecule has 378 valence electrons. The molecule has 3 rings (SSSR count). The molecule has 67 heavy (non-hydrogen) atoms. The monoisotopic (exact) mass is 1140 g/mol. The van der Waals surface area contributed by atoms with Gasteiger partial charge in [0.15, 0.2) is 0 Å². The highest BCUT2D eigenvalue weighted by Crippen LogP contribution is 2.54.